The van der Waals surface area contributed by atoms with E-state index in [0.29, 0.717) is 11.1 Å². The molecule has 0 fully saturated rings. The van der Waals surface area contributed by atoms with Crippen molar-refractivity contribution in [1.29, 1.82) is 0 Å². The van der Waals surface area contributed by atoms with E-state index in [1.807, 2.05) is 69.6 Å². The van der Waals surface area contributed by atoms with Crippen LogP contribution in [-0.2, 0) is 0 Å². The van der Waals surface area contributed by atoms with Gasteiger partial charge in [-0.1, -0.05) is 60.7 Å². The predicted octanol–water partition coefficient (Wildman–Crippen LogP) is 5.51. The van der Waals surface area contributed by atoms with Crippen molar-refractivity contribution < 1.29 is 4.79 Å². The fourth-order valence-corrected chi connectivity index (χ4v) is 3.54. The van der Waals surface area contributed by atoms with Gasteiger partial charge in [0, 0.05) is 48.1 Å². The number of benzene rings is 3. The van der Waals surface area contributed by atoms with Crippen molar-refractivity contribution in [3.05, 3.63) is 95.7 Å². The van der Waals surface area contributed by atoms with Gasteiger partial charge < -0.3 is 4.90 Å². The van der Waals surface area contributed by atoms with Gasteiger partial charge >= 0.3 is 0 Å². The zero-order chi connectivity index (χ0) is 19.7. The largest absolute Gasteiger partial charge is 0.378 e. The Hall–Kier alpha value is -3.46. The number of ketones is 1. The van der Waals surface area contributed by atoms with Crippen LogP contribution in [0.4, 0.5) is 5.69 Å². The number of fused-ring (bicyclic) bond motifs is 1. The van der Waals surface area contributed by atoms with E-state index in [1.165, 1.54) is 0 Å². The van der Waals surface area contributed by atoms with Crippen LogP contribution < -0.4 is 4.90 Å². The maximum absolute atomic E-state index is 13.3. The van der Waals surface area contributed by atoms with Crippen LogP contribution in [0, 0.1) is 6.92 Å². The van der Waals surface area contributed by atoms with Crippen molar-refractivity contribution in [3.63, 3.8) is 0 Å². The number of aromatic nitrogens is 1. The molecule has 0 atom stereocenters. The number of hydrogen-bond acceptors (Lipinski definition) is 3. The maximum atomic E-state index is 13.3. The summed E-state index contributed by atoms with van der Waals surface area (Å²) in [5.74, 6) is -0.0123. The van der Waals surface area contributed by atoms with Crippen LogP contribution in [0.3, 0.4) is 0 Å². The summed E-state index contributed by atoms with van der Waals surface area (Å²) in [6, 6.07) is 23.8. The van der Waals surface area contributed by atoms with E-state index in [4.69, 9.17) is 0 Å². The zero-order valence-electron chi connectivity index (χ0n) is 16.3. The third kappa shape index (κ3) is 3.16. The van der Waals surface area contributed by atoms with Gasteiger partial charge in [0.2, 0.25) is 0 Å². The number of hydrogen-bond donors (Lipinski definition) is 0. The van der Waals surface area contributed by atoms with Crippen LogP contribution in [-0.4, -0.2) is 24.9 Å². The van der Waals surface area contributed by atoms with Crippen molar-refractivity contribution in [1.82, 2.24) is 4.98 Å². The number of nitrogens with zero attached hydrogens (tertiary/aromatic N) is 2. The molecule has 0 bridgehead atoms. The molecular weight excluding hydrogens is 344 g/mol. The van der Waals surface area contributed by atoms with Gasteiger partial charge in [0.1, 0.15) is 0 Å². The maximum Gasteiger partial charge on any atom is 0.195 e. The molecule has 1 aromatic heterocycles. The van der Waals surface area contributed by atoms with Crippen LogP contribution in [0.1, 0.15) is 21.5 Å². The van der Waals surface area contributed by atoms with E-state index < -0.39 is 0 Å². The Bertz CT molecular complexity index is 1160. The van der Waals surface area contributed by atoms with E-state index in [-0.39, 0.29) is 5.78 Å². The Morgan fingerprint density at radius 3 is 2.39 bits per heavy atom. The highest BCUT2D eigenvalue weighted by molar-refractivity contribution is 6.16. The average Bonchev–Trinajstić information content (AvgIpc) is 2.73. The monoisotopic (exact) mass is 366 g/mol. The van der Waals surface area contributed by atoms with Crippen molar-refractivity contribution in [2.24, 2.45) is 0 Å². The van der Waals surface area contributed by atoms with Crippen molar-refractivity contribution in [2.45, 2.75) is 6.92 Å². The lowest BCUT2D eigenvalue weighted by molar-refractivity contribution is 0.103. The minimum absolute atomic E-state index is 0.0123. The van der Waals surface area contributed by atoms with E-state index in [0.717, 1.165) is 33.3 Å². The van der Waals surface area contributed by atoms with Gasteiger partial charge in [-0.05, 0) is 30.2 Å². The number of para-hydroxylation sites is 1. The highest BCUT2D eigenvalue weighted by Crippen LogP contribution is 2.35. The summed E-state index contributed by atoms with van der Waals surface area (Å²) in [5.41, 5.74) is 6.36. The molecule has 138 valence electrons. The van der Waals surface area contributed by atoms with Gasteiger partial charge in [-0.25, -0.2) is 0 Å². The van der Waals surface area contributed by atoms with Crippen molar-refractivity contribution >= 4 is 22.4 Å². The van der Waals surface area contributed by atoms with E-state index in [9.17, 15) is 4.79 Å². The number of anilines is 1. The Kier molecular flexibility index (Phi) is 4.66. The van der Waals surface area contributed by atoms with Crippen molar-refractivity contribution in [3.8, 4) is 11.1 Å². The molecule has 0 aliphatic carbocycles. The first-order valence-corrected chi connectivity index (χ1v) is 9.32. The van der Waals surface area contributed by atoms with Gasteiger partial charge in [-0.2, -0.15) is 0 Å². The molecule has 0 saturated carbocycles. The second-order valence-corrected chi connectivity index (χ2v) is 7.16. The summed E-state index contributed by atoms with van der Waals surface area (Å²) < 4.78 is 0. The number of carbonyl (C=O) groups excluding carboxylic acids is 1. The van der Waals surface area contributed by atoms with Crippen LogP contribution in [0.2, 0.25) is 0 Å². The fourth-order valence-electron chi connectivity index (χ4n) is 3.54. The molecule has 4 rings (SSSR count). The van der Waals surface area contributed by atoms with Crippen molar-refractivity contribution in [2.75, 3.05) is 19.0 Å². The number of aryl methyl sites for hydroxylation is 1. The lowest BCUT2D eigenvalue weighted by atomic mass is 9.91. The number of pyridine rings is 1. The van der Waals surface area contributed by atoms with Crippen LogP contribution in [0.5, 0.6) is 0 Å². The van der Waals surface area contributed by atoms with Gasteiger partial charge in [0.15, 0.2) is 5.78 Å². The normalized spacial score (nSPS) is 10.8. The third-order valence-corrected chi connectivity index (χ3v) is 5.03. The standard InChI is InChI=1S/C25H22N2O/c1-17-9-7-14-21-23(19-12-8-13-20(15-19)27(2)3)22(16-26-24(17)21)25(28)18-10-5-4-6-11-18/h4-16H,1-3H3. The molecule has 3 nitrogen and oxygen atoms in total. The van der Waals surface area contributed by atoms with E-state index in [1.54, 1.807) is 6.20 Å². The molecule has 0 spiro atoms. The topological polar surface area (TPSA) is 33.2 Å². The molecule has 0 radical (unpaired) electrons. The highest BCUT2D eigenvalue weighted by Gasteiger charge is 2.19. The predicted molar refractivity (Wildman–Crippen MR) is 116 cm³/mol. The Balaban J connectivity index is 2.02. The molecular formula is C25H22N2O. The SMILES string of the molecule is Cc1cccc2c(-c3cccc(N(C)C)c3)c(C(=O)c3ccccc3)cnc12. The first kappa shape index (κ1) is 17.9. The van der Waals surface area contributed by atoms with Gasteiger partial charge in [-0.3, -0.25) is 9.78 Å². The third-order valence-electron chi connectivity index (χ3n) is 5.03. The van der Waals surface area contributed by atoms with Gasteiger partial charge in [0.25, 0.3) is 0 Å². The second-order valence-electron chi connectivity index (χ2n) is 7.16. The molecule has 0 aliphatic rings. The quantitative estimate of drug-likeness (QED) is 0.447. The molecule has 28 heavy (non-hydrogen) atoms. The van der Waals surface area contributed by atoms with Crippen LogP contribution in [0.25, 0.3) is 22.0 Å². The van der Waals surface area contributed by atoms with Gasteiger partial charge in [0.05, 0.1) is 5.52 Å². The first-order chi connectivity index (χ1) is 13.6. The Morgan fingerprint density at radius 2 is 1.64 bits per heavy atom. The van der Waals surface area contributed by atoms with Crippen LogP contribution >= 0.6 is 0 Å². The molecule has 0 saturated heterocycles. The minimum atomic E-state index is -0.0123. The highest BCUT2D eigenvalue weighted by atomic mass is 16.1. The fraction of sp³-hybridized carbons (Fsp3) is 0.120. The minimum Gasteiger partial charge on any atom is -0.378 e. The molecule has 0 amide bonds. The summed E-state index contributed by atoms with van der Waals surface area (Å²) >= 11 is 0. The summed E-state index contributed by atoms with van der Waals surface area (Å²) in [4.78, 5) is 20.0. The van der Waals surface area contributed by atoms with Crippen LogP contribution in [0.15, 0.2) is 79.0 Å². The molecule has 3 heteroatoms. The summed E-state index contributed by atoms with van der Waals surface area (Å²) in [7, 11) is 4.04. The molecule has 0 aliphatic heterocycles. The Labute approximate surface area is 165 Å². The molecule has 4 aromatic rings. The summed E-state index contributed by atoms with van der Waals surface area (Å²) in [5, 5.41) is 0.998. The lowest BCUT2D eigenvalue weighted by Crippen LogP contribution is -2.09. The zero-order valence-corrected chi connectivity index (χ0v) is 16.3. The molecule has 1 heterocycles. The number of carbonyl (C=O) groups is 1. The van der Waals surface area contributed by atoms with Gasteiger partial charge in [-0.15, -0.1) is 0 Å². The van der Waals surface area contributed by atoms with E-state index in [2.05, 4.69) is 34.1 Å². The molecule has 0 N–H and O–H groups in total. The molecule has 0 unspecified atom stereocenters. The van der Waals surface area contributed by atoms with E-state index >= 15 is 0 Å². The smallest absolute Gasteiger partial charge is 0.195 e. The summed E-state index contributed by atoms with van der Waals surface area (Å²) in [6.45, 7) is 2.05. The summed E-state index contributed by atoms with van der Waals surface area (Å²) in [6.07, 6.45) is 1.72. The molecule has 3 aromatic carbocycles. The lowest BCUT2D eigenvalue weighted by Gasteiger charge is -2.17. The average molecular weight is 366 g/mol. The second kappa shape index (κ2) is 7.28. The first-order valence-electron chi connectivity index (χ1n) is 9.32. The Morgan fingerprint density at radius 1 is 0.893 bits per heavy atom. The number of rotatable bonds is 4.